The maximum absolute atomic E-state index is 6.23. The van der Waals surface area contributed by atoms with Crippen LogP contribution in [0.5, 0.6) is 0 Å². The number of halogens is 1. The maximum Gasteiger partial charge on any atom is 0.111 e. The van der Waals surface area contributed by atoms with E-state index in [1.54, 1.807) is 0 Å². The lowest BCUT2D eigenvalue weighted by atomic mass is 10.1. The van der Waals surface area contributed by atoms with Gasteiger partial charge in [-0.25, -0.2) is 4.98 Å². The third-order valence-corrected chi connectivity index (χ3v) is 4.21. The molecular weight excluding hydrogens is 274 g/mol. The number of fused-ring (bicyclic) bond motifs is 1. The van der Waals surface area contributed by atoms with E-state index in [4.69, 9.17) is 16.3 Å². The van der Waals surface area contributed by atoms with Crippen LogP contribution in [0.2, 0.25) is 5.02 Å². The first kappa shape index (κ1) is 13.9. The van der Waals surface area contributed by atoms with E-state index in [0.29, 0.717) is 6.10 Å². The van der Waals surface area contributed by atoms with Gasteiger partial charge in [0.15, 0.2) is 0 Å². The van der Waals surface area contributed by atoms with Crippen LogP contribution in [-0.2, 0) is 18.2 Å². The molecule has 0 amide bonds. The van der Waals surface area contributed by atoms with Crippen LogP contribution in [0.15, 0.2) is 18.2 Å². The van der Waals surface area contributed by atoms with E-state index in [-0.39, 0.29) is 0 Å². The van der Waals surface area contributed by atoms with E-state index in [9.17, 15) is 0 Å². The van der Waals surface area contributed by atoms with Crippen molar-refractivity contribution in [3.63, 3.8) is 0 Å². The van der Waals surface area contributed by atoms with Gasteiger partial charge in [-0.15, -0.1) is 0 Å². The first-order chi connectivity index (χ1) is 9.75. The van der Waals surface area contributed by atoms with E-state index < -0.39 is 0 Å². The fourth-order valence-electron chi connectivity index (χ4n) is 2.77. The van der Waals surface area contributed by atoms with Crippen LogP contribution in [-0.4, -0.2) is 35.4 Å². The second kappa shape index (κ2) is 6.12. The standard InChI is InChI=1S/C15H20ClN3O/c1-19-14(7-10-20-11-5-8-17-9-6-11)18-13-4-2-3-12(16)15(13)19/h2-4,11,17H,5-10H2,1H3. The van der Waals surface area contributed by atoms with Gasteiger partial charge in [0, 0.05) is 13.5 Å². The van der Waals surface area contributed by atoms with E-state index in [1.807, 2.05) is 25.2 Å². The van der Waals surface area contributed by atoms with Crippen LogP contribution in [0, 0.1) is 0 Å². The van der Waals surface area contributed by atoms with Crippen molar-refractivity contribution in [2.24, 2.45) is 7.05 Å². The number of aryl methyl sites for hydroxylation is 1. The molecule has 1 N–H and O–H groups in total. The van der Waals surface area contributed by atoms with Crippen LogP contribution in [0.3, 0.4) is 0 Å². The molecule has 0 bridgehead atoms. The van der Waals surface area contributed by atoms with Crippen molar-refractivity contribution in [2.75, 3.05) is 19.7 Å². The number of rotatable bonds is 4. The third kappa shape index (κ3) is 2.82. The summed E-state index contributed by atoms with van der Waals surface area (Å²) >= 11 is 6.23. The largest absolute Gasteiger partial charge is 0.378 e. The minimum atomic E-state index is 0.398. The van der Waals surface area contributed by atoms with Crippen molar-refractivity contribution in [2.45, 2.75) is 25.4 Å². The van der Waals surface area contributed by atoms with E-state index in [1.165, 1.54) is 0 Å². The molecule has 108 valence electrons. The molecule has 1 aromatic heterocycles. The second-order valence-electron chi connectivity index (χ2n) is 5.26. The van der Waals surface area contributed by atoms with Crippen LogP contribution in [0.25, 0.3) is 11.0 Å². The molecule has 1 aliphatic heterocycles. The van der Waals surface area contributed by atoms with Gasteiger partial charge in [0.2, 0.25) is 0 Å². The Balaban J connectivity index is 1.65. The Morgan fingerprint density at radius 3 is 2.95 bits per heavy atom. The van der Waals surface area contributed by atoms with Crippen LogP contribution in [0.4, 0.5) is 0 Å². The summed E-state index contributed by atoms with van der Waals surface area (Å²) in [6, 6.07) is 5.84. The zero-order valence-corrected chi connectivity index (χ0v) is 12.5. The molecule has 20 heavy (non-hydrogen) atoms. The first-order valence-corrected chi connectivity index (χ1v) is 7.55. The van der Waals surface area contributed by atoms with Gasteiger partial charge < -0.3 is 14.6 Å². The minimum Gasteiger partial charge on any atom is -0.378 e. The molecule has 1 aromatic carbocycles. The van der Waals surface area contributed by atoms with Crippen molar-refractivity contribution in [3.8, 4) is 0 Å². The number of benzene rings is 1. The Labute approximate surface area is 124 Å². The summed E-state index contributed by atoms with van der Waals surface area (Å²) in [5.41, 5.74) is 1.96. The highest BCUT2D eigenvalue weighted by atomic mass is 35.5. The monoisotopic (exact) mass is 293 g/mol. The SMILES string of the molecule is Cn1c(CCOC2CCNCC2)nc2cccc(Cl)c21. The van der Waals surface area contributed by atoms with Gasteiger partial charge in [-0.2, -0.15) is 0 Å². The Morgan fingerprint density at radius 2 is 2.20 bits per heavy atom. The summed E-state index contributed by atoms with van der Waals surface area (Å²) < 4.78 is 8.01. The molecule has 0 atom stereocenters. The van der Waals surface area contributed by atoms with Crippen LogP contribution >= 0.6 is 11.6 Å². The van der Waals surface area contributed by atoms with E-state index in [2.05, 4.69) is 14.9 Å². The highest BCUT2D eigenvalue weighted by Gasteiger charge is 2.14. The zero-order chi connectivity index (χ0) is 13.9. The number of nitrogens with one attached hydrogen (secondary N) is 1. The van der Waals surface area contributed by atoms with Gasteiger partial charge in [0.1, 0.15) is 5.82 Å². The number of hydrogen-bond donors (Lipinski definition) is 1. The summed E-state index contributed by atoms with van der Waals surface area (Å²) in [6.45, 7) is 2.85. The molecule has 1 fully saturated rings. The number of aromatic nitrogens is 2. The number of imidazole rings is 1. The van der Waals surface area contributed by atoms with Crippen molar-refractivity contribution in [3.05, 3.63) is 29.0 Å². The Bertz CT molecular complexity index is 590. The Kier molecular flexibility index (Phi) is 4.24. The van der Waals surface area contributed by atoms with Crippen LogP contribution in [0.1, 0.15) is 18.7 Å². The molecular formula is C15H20ClN3O. The summed E-state index contributed by atoms with van der Waals surface area (Å²) in [4.78, 5) is 4.64. The average molecular weight is 294 g/mol. The predicted molar refractivity (Wildman–Crippen MR) is 81.3 cm³/mol. The predicted octanol–water partition coefficient (Wildman–Crippen LogP) is 2.54. The van der Waals surface area contributed by atoms with Gasteiger partial charge in [-0.05, 0) is 38.1 Å². The number of hydrogen-bond acceptors (Lipinski definition) is 3. The molecule has 2 aromatic rings. The van der Waals surface area contributed by atoms with Gasteiger partial charge in [-0.3, -0.25) is 0 Å². The first-order valence-electron chi connectivity index (χ1n) is 7.18. The quantitative estimate of drug-likeness (QED) is 0.941. The third-order valence-electron chi connectivity index (χ3n) is 3.90. The highest BCUT2D eigenvalue weighted by molar-refractivity contribution is 6.35. The van der Waals surface area contributed by atoms with Crippen molar-refractivity contribution in [1.82, 2.24) is 14.9 Å². The molecule has 1 aliphatic rings. The van der Waals surface area contributed by atoms with E-state index in [0.717, 1.165) is 60.8 Å². The van der Waals surface area contributed by atoms with Gasteiger partial charge in [0.05, 0.1) is 28.8 Å². The fourth-order valence-corrected chi connectivity index (χ4v) is 3.07. The molecule has 0 spiro atoms. The number of para-hydroxylation sites is 1. The lowest BCUT2D eigenvalue weighted by Gasteiger charge is -2.22. The Hall–Kier alpha value is -1.10. The highest BCUT2D eigenvalue weighted by Crippen LogP contribution is 2.23. The molecule has 5 heteroatoms. The van der Waals surface area contributed by atoms with Gasteiger partial charge in [-0.1, -0.05) is 17.7 Å². The number of piperidine rings is 1. The second-order valence-corrected chi connectivity index (χ2v) is 5.67. The molecule has 2 heterocycles. The van der Waals surface area contributed by atoms with Crippen molar-refractivity contribution in [1.29, 1.82) is 0 Å². The summed E-state index contributed by atoms with van der Waals surface area (Å²) in [7, 11) is 2.01. The topological polar surface area (TPSA) is 39.1 Å². The van der Waals surface area contributed by atoms with Crippen LogP contribution < -0.4 is 5.32 Å². The molecule has 1 saturated heterocycles. The molecule has 3 rings (SSSR count). The fraction of sp³-hybridized carbons (Fsp3) is 0.533. The van der Waals surface area contributed by atoms with Crippen molar-refractivity contribution < 1.29 is 4.74 Å². The van der Waals surface area contributed by atoms with Crippen molar-refractivity contribution >= 4 is 22.6 Å². The van der Waals surface area contributed by atoms with Gasteiger partial charge in [0.25, 0.3) is 0 Å². The molecule has 0 unspecified atom stereocenters. The zero-order valence-electron chi connectivity index (χ0n) is 11.7. The Morgan fingerprint density at radius 1 is 1.40 bits per heavy atom. The smallest absolute Gasteiger partial charge is 0.111 e. The maximum atomic E-state index is 6.23. The summed E-state index contributed by atoms with van der Waals surface area (Å²) in [5.74, 6) is 1.03. The minimum absolute atomic E-state index is 0.398. The lowest BCUT2D eigenvalue weighted by Crippen LogP contribution is -2.32. The average Bonchev–Trinajstić information content (AvgIpc) is 2.78. The van der Waals surface area contributed by atoms with E-state index >= 15 is 0 Å². The normalized spacial score (nSPS) is 16.9. The molecule has 4 nitrogen and oxygen atoms in total. The molecule has 0 aliphatic carbocycles. The number of nitrogens with zero attached hydrogens (tertiary/aromatic N) is 2. The molecule has 0 radical (unpaired) electrons. The number of ether oxygens (including phenoxy) is 1. The molecule has 0 saturated carbocycles. The summed E-state index contributed by atoms with van der Waals surface area (Å²) in [5, 5.41) is 4.10. The lowest BCUT2D eigenvalue weighted by molar-refractivity contribution is 0.0340. The van der Waals surface area contributed by atoms with Gasteiger partial charge >= 0.3 is 0 Å². The summed E-state index contributed by atoms with van der Waals surface area (Å²) in [6.07, 6.45) is 3.43.